The number of allylic oxidation sites excluding steroid dienone is 7. The van der Waals surface area contributed by atoms with Crippen molar-refractivity contribution in [2.75, 3.05) is 0 Å². The zero-order chi connectivity index (χ0) is 25.8. The summed E-state index contributed by atoms with van der Waals surface area (Å²) in [6.07, 6.45) is 16.2. The number of carbonyl (C=O) groups excluding carboxylic acids is 3. The summed E-state index contributed by atoms with van der Waals surface area (Å²) in [5.74, 6) is -0.213. The predicted octanol–water partition coefficient (Wildman–Crippen LogP) is 4.64. The highest BCUT2D eigenvalue weighted by Crippen LogP contribution is 2.36. The van der Waals surface area contributed by atoms with Gasteiger partial charge in [-0.25, -0.2) is 0 Å². The van der Waals surface area contributed by atoms with Crippen LogP contribution in [0.1, 0.15) is 70.3 Å². The Morgan fingerprint density at radius 1 is 0.914 bits per heavy atom. The lowest BCUT2D eigenvalue weighted by molar-refractivity contribution is -0.120. The molecule has 6 heteroatoms. The van der Waals surface area contributed by atoms with Crippen molar-refractivity contribution >= 4 is 17.6 Å². The maximum atomic E-state index is 13.3. The van der Waals surface area contributed by atoms with E-state index >= 15 is 0 Å². The number of carbonyl (C=O) groups is 3. The van der Waals surface area contributed by atoms with E-state index in [1.807, 2.05) is 59.8 Å². The molecule has 3 rings (SSSR count). The number of nitrogens with one attached hydrogen (secondary N) is 2. The molecule has 2 unspecified atom stereocenters. The molecule has 2 amide bonds. The molecule has 0 spiro atoms. The SMILES string of the molecule is CC(C)(C)NC(=O)C1=C(CCC(=O)Cc2ccncc2C(=O)NC(C)(C)C)C=CC2C=CC=CC12. The van der Waals surface area contributed by atoms with Crippen LogP contribution < -0.4 is 10.6 Å². The summed E-state index contributed by atoms with van der Waals surface area (Å²) < 4.78 is 0. The van der Waals surface area contributed by atoms with Crippen LogP contribution in [0.15, 0.2) is 66.1 Å². The summed E-state index contributed by atoms with van der Waals surface area (Å²) in [7, 11) is 0. The van der Waals surface area contributed by atoms with E-state index in [4.69, 9.17) is 0 Å². The molecule has 0 radical (unpaired) electrons. The first kappa shape index (κ1) is 26.3. The van der Waals surface area contributed by atoms with Gasteiger partial charge in [-0.05, 0) is 65.2 Å². The Kier molecular flexibility index (Phi) is 7.93. The Balaban J connectivity index is 1.76. The first-order valence-electron chi connectivity index (χ1n) is 12.2. The molecule has 2 N–H and O–H groups in total. The van der Waals surface area contributed by atoms with Gasteiger partial charge in [-0.2, -0.15) is 0 Å². The lowest BCUT2D eigenvalue weighted by Crippen LogP contribution is -2.43. The van der Waals surface area contributed by atoms with Gasteiger partial charge in [0.1, 0.15) is 5.78 Å². The normalized spacial score (nSPS) is 19.4. The third-order valence-corrected chi connectivity index (χ3v) is 5.81. The van der Waals surface area contributed by atoms with E-state index < -0.39 is 5.54 Å². The fraction of sp³-hybridized carbons (Fsp3) is 0.448. The number of hydrogen-bond acceptors (Lipinski definition) is 4. The van der Waals surface area contributed by atoms with Gasteiger partial charge >= 0.3 is 0 Å². The Morgan fingerprint density at radius 2 is 1.57 bits per heavy atom. The van der Waals surface area contributed by atoms with Crippen LogP contribution in [-0.4, -0.2) is 33.7 Å². The maximum Gasteiger partial charge on any atom is 0.253 e. The summed E-state index contributed by atoms with van der Waals surface area (Å²) in [6.45, 7) is 11.6. The number of ketones is 1. The lowest BCUT2D eigenvalue weighted by Gasteiger charge is -2.31. The van der Waals surface area contributed by atoms with E-state index in [-0.39, 0.29) is 47.8 Å². The van der Waals surface area contributed by atoms with Crippen LogP contribution in [0.2, 0.25) is 0 Å². The van der Waals surface area contributed by atoms with Gasteiger partial charge in [-0.15, -0.1) is 0 Å². The van der Waals surface area contributed by atoms with Crippen LogP contribution in [0.5, 0.6) is 0 Å². The molecular formula is C29H37N3O3. The number of Topliss-reactive ketones (excluding diaryl/α,β-unsaturated/α-hetero) is 1. The molecule has 1 aromatic rings. The van der Waals surface area contributed by atoms with Crippen molar-refractivity contribution in [1.82, 2.24) is 15.6 Å². The number of pyridine rings is 1. The molecule has 6 nitrogen and oxygen atoms in total. The van der Waals surface area contributed by atoms with Crippen molar-refractivity contribution in [3.63, 3.8) is 0 Å². The van der Waals surface area contributed by atoms with E-state index in [0.717, 1.165) is 11.1 Å². The highest BCUT2D eigenvalue weighted by atomic mass is 16.2. The molecule has 2 aliphatic rings. The first-order valence-corrected chi connectivity index (χ1v) is 12.2. The van der Waals surface area contributed by atoms with Crippen molar-refractivity contribution in [3.05, 3.63) is 77.2 Å². The van der Waals surface area contributed by atoms with Gasteiger partial charge in [0, 0.05) is 53.7 Å². The summed E-state index contributed by atoms with van der Waals surface area (Å²) in [5, 5.41) is 6.03. The molecule has 1 aromatic heterocycles. The van der Waals surface area contributed by atoms with Gasteiger partial charge in [0.05, 0.1) is 5.56 Å². The lowest BCUT2D eigenvalue weighted by atomic mass is 9.75. The fourth-order valence-corrected chi connectivity index (χ4v) is 4.32. The average Bonchev–Trinajstić information content (AvgIpc) is 2.75. The molecule has 0 aromatic carbocycles. The average molecular weight is 476 g/mol. The van der Waals surface area contributed by atoms with Gasteiger partial charge in [0.2, 0.25) is 5.91 Å². The topological polar surface area (TPSA) is 88.2 Å². The molecule has 2 aliphatic carbocycles. The molecule has 2 atom stereocenters. The molecule has 1 heterocycles. The second kappa shape index (κ2) is 10.5. The predicted molar refractivity (Wildman–Crippen MR) is 139 cm³/mol. The van der Waals surface area contributed by atoms with Crippen molar-refractivity contribution in [3.8, 4) is 0 Å². The van der Waals surface area contributed by atoms with Crippen molar-refractivity contribution < 1.29 is 14.4 Å². The van der Waals surface area contributed by atoms with Crippen LogP contribution >= 0.6 is 0 Å². The smallest absolute Gasteiger partial charge is 0.253 e. The van der Waals surface area contributed by atoms with Crippen LogP contribution in [0.4, 0.5) is 0 Å². The summed E-state index contributed by atoms with van der Waals surface area (Å²) in [5.41, 5.74) is 1.95. The van der Waals surface area contributed by atoms with E-state index in [2.05, 4.69) is 33.8 Å². The molecule has 0 bridgehead atoms. The van der Waals surface area contributed by atoms with E-state index in [0.29, 0.717) is 17.5 Å². The zero-order valence-corrected chi connectivity index (χ0v) is 21.6. The molecule has 35 heavy (non-hydrogen) atoms. The van der Waals surface area contributed by atoms with Gasteiger partial charge in [0.25, 0.3) is 5.91 Å². The highest BCUT2D eigenvalue weighted by Gasteiger charge is 2.32. The Labute approximate surface area is 208 Å². The number of nitrogens with zero attached hydrogens (tertiary/aromatic N) is 1. The second-order valence-electron chi connectivity index (χ2n) is 11.3. The molecule has 0 fully saturated rings. The van der Waals surface area contributed by atoms with E-state index in [1.54, 1.807) is 12.3 Å². The maximum absolute atomic E-state index is 13.3. The second-order valence-corrected chi connectivity index (χ2v) is 11.3. The van der Waals surface area contributed by atoms with Crippen molar-refractivity contribution in [1.29, 1.82) is 0 Å². The largest absolute Gasteiger partial charge is 0.348 e. The molecule has 0 saturated heterocycles. The number of rotatable bonds is 7. The minimum atomic E-state index is -0.390. The van der Waals surface area contributed by atoms with Crippen LogP contribution in [-0.2, 0) is 16.0 Å². The summed E-state index contributed by atoms with van der Waals surface area (Å²) in [6, 6.07) is 1.72. The van der Waals surface area contributed by atoms with Crippen molar-refractivity contribution in [2.45, 2.75) is 71.9 Å². The Hall–Kier alpha value is -3.28. The number of fused-ring (bicyclic) bond motifs is 1. The van der Waals surface area contributed by atoms with Crippen LogP contribution in [0.3, 0.4) is 0 Å². The monoisotopic (exact) mass is 475 g/mol. The Morgan fingerprint density at radius 3 is 2.26 bits per heavy atom. The van der Waals surface area contributed by atoms with Crippen LogP contribution in [0, 0.1) is 11.8 Å². The minimum absolute atomic E-state index is 0.0127. The number of aromatic nitrogens is 1. The van der Waals surface area contributed by atoms with Gasteiger partial charge in [0.15, 0.2) is 0 Å². The zero-order valence-electron chi connectivity index (χ0n) is 21.6. The standard InChI is InChI=1S/C29H37N3O3/c1-28(2,3)31-26(34)24-18-30-16-15-21(24)17-22(33)14-13-20-12-11-19-9-7-8-10-23(19)25(20)27(35)32-29(4,5)6/h7-12,15-16,18-19,23H,13-14,17H2,1-6H3,(H,31,34)(H,32,35). The fourth-order valence-electron chi connectivity index (χ4n) is 4.32. The number of amides is 2. The van der Waals surface area contributed by atoms with Crippen molar-refractivity contribution in [2.24, 2.45) is 11.8 Å². The van der Waals surface area contributed by atoms with E-state index in [1.165, 1.54) is 6.20 Å². The van der Waals surface area contributed by atoms with Gasteiger partial charge < -0.3 is 10.6 Å². The molecule has 0 saturated carbocycles. The molecular weight excluding hydrogens is 438 g/mol. The number of hydrogen-bond donors (Lipinski definition) is 2. The van der Waals surface area contributed by atoms with Crippen LogP contribution in [0.25, 0.3) is 0 Å². The summed E-state index contributed by atoms with van der Waals surface area (Å²) >= 11 is 0. The highest BCUT2D eigenvalue weighted by molar-refractivity contribution is 5.98. The Bertz CT molecular complexity index is 1110. The van der Waals surface area contributed by atoms with E-state index in [9.17, 15) is 14.4 Å². The molecule has 186 valence electrons. The third kappa shape index (κ3) is 7.35. The summed E-state index contributed by atoms with van der Waals surface area (Å²) in [4.78, 5) is 43.0. The first-order chi connectivity index (χ1) is 16.3. The van der Waals surface area contributed by atoms with Gasteiger partial charge in [-0.3, -0.25) is 19.4 Å². The van der Waals surface area contributed by atoms with Gasteiger partial charge in [-0.1, -0.05) is 36.5 Å². The minimum Gasteiger partial charge on any atom is -0.348 e. The molecule has 0 aliphatic heterocycles. The third-order valence-electron chi connectivity index (χ3n) is 5.81. The quantitative estimate of drug-likeness (QED) is 0.601.